The zero-order valence-corrected chi connectivity index (χ0v) is 18.0. The highest BCUT2D eigenvalue weighted by molar-refractivity contribution is 5.86. The molecule has 1 N–H and O–H groups in total. The van der Waals surface area contributed by atoms with Crippen molar-refractivity contribution in [3.8, 4) is 17.0 Å². The largest absolute Gasteiger partial charge is 0.479 e. The van der Waals surface area contributed by atoms with Crippen molar-refractivity contribution in [3.05, 3.63) is 36.0 Å². The van der Waals surface area contributed by atoms with Crippen LogP contribution in [0.2, 0.25) is 0 Å². The average Bonchev–Trinajstić information content (AvgIpc) is 3.15. The van der Waals surface area contributed by atoms with E-state index in [-0.39, 0.29) is 5.54 Å². The molecule has 0 radical (unpaired) electrons. The van der Waals surface area contributed by atoms with E-state index < -0.39 is 0 Å². The second kappa shape index (κ2) is 7.09. The summed E-state index contributed by atoms with van der Waals surface area (Å²) in [5, 5.41) is 8.19. The number of fused-ring (bicyclic) bond motifs is 2. The number of anilines is 1. The van der Waals surface area contributed by atoms with Crippen LogP contribution in [0.1, 0.15) is 31.7 Å². The van der Waals surface area contributed by atoms with Gasteiger partial charge in [0, 0.05) is 29.6 Å². The summed E-state index contributed by atoms with van der Waals surface area (Å²) in [7, 11) is 5.93. The summed E-state index contributed by atoms with van der Waals surface area (Å²) in [4.78, 5) is 11.5. The molecule has 7 nitrogen and oxygen atoms in total. The van der Waals surface area contributed by atoms with Crippen LogP contribution in [0.25, 0.3) is 16.6 Å². The van der Waals surface area contributed by atoms with Crippen molar-refractivity contribution in [2.24, 2.45) is 4.99 Å². The van der Waals surface area contributed by atoms with E-state index in [1.807, 2.05) is 16.9 Å². The van der Waals surface area contributed by atoms with E-state index in [4.69, 9.17) is 9.84 Å². The molecular formula is C23H28N6O. The molecule has 3 aromatic rings. The third-order valence-corrected chi connectivity index (χ3v) is 6.62. The normalized spacial score (nSPS) is 22.8. The number of ether oxygens (including phenoxy) is 1. The fourth-order valence-electron chi connectivity index (χ4n) is 4.54. The Kier molecular flexibility index (Phi) is 4.50. The summed E-state index contributed by atoms with van der Waals surface area (Å²) in [6, 6.07) is 8.88. The molecule has 30 heavy (non-hydrogen) atoms. The monoisotopic (exact) mass is 404 g/mol. The molecular weight excluding hydrogens is 376 g/mol. The molecule has 0 spiro atoms. The molecule has 3 heterocycles. The molecule has 1 aromatic carbocycles. The summed E-state index contributed by atoms with van der Waals surface area (Å²) in [5.74, 6) is 1.19. The maximum Gasteiger partial charge on any atom is 0.244 e. The molecule has 1 saturated carbocycles. The standard InChI is InChI=1S/C23H28N6O/c1-23(28(2)3)13-17(14-23)25-22-26-21(30-4)20-18(9-11-29(20)27-22)15-7-8-19-16(12-15)6-5-10-24-19/h7-12,17H,5-6,13-14H2,1-4H3,(H,25,27). The summed E-state index contributed by atoms with van der Waals surface area (Å²) < 4.78 is 7.54. The number of aryl methyl sites for hydroxylation is 1. The van der Waals surface area contributed by atoms with Crippen LogP contribution in [0.4, 0.5) is 11.6 Å². The van der Waals surface area contributed by atoms with Gasteiger partial charge in [0.25, 0.3) is 0 Å². The van der Waals surface area contributed by atoms with Crippen LogP contribution in [0.5, 0.6) is 5.88 Å². The van der Waals surface area contributed by atoms with Crippen molar-refractivity contribution >= 4 is 23.4 Å². The molecule has 1 fully saturated rings. The number of hydrogen-bond donors (Lipinski definition) is 1. The van der Waals surface area contributed by atoms with Crippen molar-refractivity contribution < 1.29 is 4.74 Å². The third-order valence-electron chi connectivity index (χ3n) is 6.62. The zero-order valence-electron chi connectivity index (χ0n) is 18.0. The van der Waals surface area contributed by atoms with Gasteiger partial charge in [0.15, 0.2) is 0 Å². The first kappa shape index (κ1) is 19.1. The molecule has 7 heteroatoms. The molecule has 2 aliphatic rings. The lowest BCUT2D eigenvalue weighted by Gasteiger charge is -2.49. The van der Waals surface area contributed by atoms with Gasteiger partial charge in [-0.05, 0) is 76.0 Å². The number of rotatable bonds is 5. The van der Waals surface area contributed by atoms with E-state index in [9.17, 15) is 0 Å². The molecule has 5 rings (SSSR count). The van der Waals surface area contributed by atoms with E-state index >= 15 is 0 Å². The average molecular weight is 405 g/mol. The highest BCUT2D eigenvalue weighted by Crippen LogP contribution is 2.38. The topological polar surface area (TPSA) is 67.0 Å². The van der Waals surface area contributed by atoms with E-state index in [1.165, 1.54) is 5.56 Å². The van der Waals surface area contributed by atoms with Gasteiger partial charge >= 0.3 is 0 Å². The van der Waals surface area contributed by atoms with Crippen LogP contribution < -0.4 is 10.1 Å². The third kappa shape index (κ3) is 3.13. The Morgan fingerprint density at radius 1 is 1.23 bits per heavy atom. The van der Waals surface area contributed by atoms with Gasteiger partial charge < -0.3 is 15.0 Å². The number of nitrogens with zero attached hydrogens (tertiary/aromatic N) is 5. The first-order valence-corrected chi connectivity index (χ1v) is 10.5. The molecule has 156 valence electrons. The van der Waals surface area contributed by atoms with Gasteiger partial charge in [-0.1, -0.05) is 6.07 Å². The van der Waals surface area contributed by atoms with Gasteiger partial charge in [0.05, 0.1) is 12.8 Å². The maximum atomic E-state index is 5.67. The lowest BCUT2D eigenvalue weighted by atomic mass is 9.73. The Balaban J connectivity index is 1.46. The number of methoxy groups -OCH3 is 1. The second-order valence-corrected chi connectivity index (χ2v) is 8.80. The Hall–Kier alpha value is -2.93. The Labute approximate surface area is 176 Å². The predicted molar refractivity (Wildman–Crippen MR) is 120 cm³/mol. The fourth-order valence-corrected chi connectivity index (χ4v) is 4.54. The number of hydrogen-bond acceptors (Lipinski definition) is 6. The second-order valence-electron chi connectivity index (χ2n) is 8.80. The smallest absolute Gasteiger partial charge is 0.244 e. The van der Waals surface area contributed by atoms with Gasteiger partial charge in [0.1, 0.15) is 5.52 Å². The van der Waals surface area contributed by atoms with E-state index in [2.05, 4.69) is 65.5 Å². The lowest BCUT2D eigenvalue weighted by Crippen LogP contribution is -2.57. The summed E-state index contributed by atoms with van der Waals surface area (Å²) in [5.41, 5.74) is 5.67. The van der Waals surface area contributed by atoms with Crippen molar-refractivity contribution in [2.45, 2.75) is 44.2 Å². The first-order valence-electron chi connectivity index (χ1n) is 10.5. The minimum atomic E-state index is 0.239. The van der Waals surface area contributed by atoms with E-state index in [0.717, 1.165) is 48.0 Å². The van der Waals surface area contributed by atoms with Crippen LogP contribution in [-0.4, -0.2) is 58.5 Å². The quantitative estimate of drug-likeness (QED) is 0.697. The van der Waals surface area contributed by atoms with Gasteiger partial charge in [0.2, 0.25) is 11.8 Å². The minimum absolute atomic E-state index is 0.239. The number of benzene rings is 1. The predicted octanol–water partition coefficient (Wildman–Crippen LogP) is 3.95. The van der Waals surface area contributed by atoms with Gasteiger partial charge in [-0.15, -0.1) is 5.10 Å². The van der Waals surface area contributed by atoms with Gasteiger partial charge in [-0.3, -0.25) is 4.99 Å². The van der Waals surface area contributed by atoms with Gasteiger partial charge in [-0.2, -0.15) is 4.98 Å². The highest BCUT2D eigenvalue weighted by atomic mass is 16.5. The molecule has 1 aliphatic heterocycles. The number of nitrogens with one attached hydrogen (secondary N) is 1. The Morgan fingerprint density at radius 3 is 2.83 bits per heavy atom. The molecule has 2 aromatic heterocycles. The van der Waals surface area contributed by atoms with E-state index in [1.54, 1.807) is 7.11 Å². The molecule has 0 saturated heterocycles. The lowest BCUT2D eigenvalue weighted by molar-refractivity contribution is 0.0679. The fraction of sp³-hybridized carbons (Fsp3) is 0.435. The zero-order chi connectivity index (χ0) is 20.9. The molecule has 0 atom stereocenters. The number of aliphatic imine (C=N–C) groups is 1. The number of aromatic nitrogens is 3. The van der Waals surface area contributed by atoms with Crippen LogP contribution in [0.15, 0.2) is 35.5 Å². The SMILES string of the molecule is COc1nc(NC2CC(C)(N(C)C)C2)nn2ccc(-c3ccc4c(c3)CCC=N4)c12. The van der Waals surface area contributed by atoms with Crippen molar-refractivity contribution in [3.63, 3.8) is 0 Å². The van der Waals surface area contributed by atoms with Crippen molar-refractivity contribution in [1.82, 2.24) is 19.5 Å². The Morgan fingerprint density at radius 2 is 2.07 bits per heavy atom. The van der Waals surface area contributed by atoms with Gasteiger partial charge in [-0.25, -0.2) is 4.52 Å². The van der Waals surface area contributed by atoms with Crippen LogP contribution in [-0.2, 0) is 6.42 Å². The highest BCUT2D eigenvalue weighted by Gasteiger charge is 2.42. The summed E-state index contributed by atoms with van der Waals surface area (Å²) in [6.45, 7) is 2.29. The van der Waals surface area contributed by atoms with Crippen molar-refractivity contribution in [2.75, 3.05) is 26.5 Å². The van der Waals surface area contributed by atoms with Crippen LogP contribution in [0.3, 0.4) is 0 Å². The molecule has 0 unspecified atom stereocenters. The maximum absolute atomic E-state index is 5.67. The Bertz CT molecular complexity index is 1130. The molecule has 0 amide bonds. The van der Waals surface area contributed by atoms with Crippen molar-refractivity contribution in [1.29, 1.82) is 0 Å². The minimum Gasteiger partial charge on any atom is -0.479 e. The first-order chi connectivity index (χ1) is 14.5. The van der Waals surface area contributed by atoms with Crippen LogP contribution in [0, 0.1) is 0 Å². The van der Waals surface area contributed by atoms with E-state index in [0.29, 0.717) is 17.9 Å². The summed E-state index contributed by atoms with van der Waals surface area (Å²) in [6.07, 6.45) is 8.11. The van der Waals surface area contributed by atoms with Crippen LogP contribution >= 0.6 is 0 Å². The molecule has 0 bridgehead atoms. The summed E-state index contributed by atoms with van der Waals surface area (Å²) >= 11 is 0. The molecule has 1 aliphatic carbocycles.